The molecule has 0 radical (unpaired) electrons. The topological polar surface area (TPSA) is 162 Å². The summed E-state index contributed by atoms with van der Waals surface area (Å²) in [5.74, 6) is 0. The zero-order chi connectivity index (χ0) is 15.5. The maximum atomic E-state index is 11.4. The first-order chi connectivity index (χ1) is 9.08. The van der Waals surface area contributed by atoms with Crippen LogP contribution < -0.4 is 11.2 Å². The first-order valence-corrected chi connectivity index (χ1v) is 7.04. The molecule has 2 rings (SSSR count). The van der Waals surface area contributed by atoms with Gasteiger partial charge in [0.15, 0.2) is 0 Å². The quantitative estimate of drug-likeness (QED) is 0.379. The van der Waals surface area contributed by atoms with Crippen LogP contribution in [0.3, 0.4) is 0 Å². The molecule has 0 amide bonds. The van der Waals surface area contributed by atoms with E-state index in [9.17, 15) is 14.7 Å². The molecule has 10 nitrogen and oxygen atoms in total. The summed E-state index contributed by atoms with van der Waals surface area (Å²) in [5, 5.41) is 9.26. The Morgan fingerprint density at radius 3 is 2.40 bits per heavy atom. The van der Waals surface area contributed by atoms with E-state index in [4.69, 9.17) is 24.0 Å². The predicted octanol–water partition coefficient (Wildman–Crippen LogP) is -1.80. The van der Waals surface area contributed by atoms with Gasteiger partial charge in [0, 0.05) is 18.2 Å². The normalized spacial score (nSPS) is 22.2. The Morgan fingerprint density at radius 2 is 1.95 bits per heavy atom. The molecule has 0 spiro atoms. The van der Waals surface area contributed by atoms with Gasteiger partial charge in [-0.25, -0.2) is 9.36 Å². The predicted molar refractivity (Wildman–Crippen MR) is 65.9 cm³/mol. The molecule has 114 valence electrons. The van der Waals surface area contributed by atoms with Crippen molar-refractivity contribution >= 4 is 7.82 Å². The summed E-state index contributed by atoms with van der Waals surface area (Å²) in [6.45, 7) is 1.83. The monoisotopic (exact) mass is 310 g/mol. The molecule has 0 aliphatic carbocycles. The average Bonchev–Trinajstić information content (AvgIpc) is 2.68. The number of aryl methyl sites for hydroxylation is 1. The molecule has 1 aromatic heterocycles. The molecular weight excluding hydrogens is 295 g/mol. The lowest BCUT2D eigenvalue weighted by Crippen LogP contribution is -2.33. The summed E-state index contributed by atoms with van der Waals surface area (Å²) in [5.41, 5.74) is -0.459. The van der Waals surface area contributed by atoms with Gasteiger partial charge in [-0.1, -0.05) is 0 Å². The number of rotatable bonds is 1. The number of phosphoric acid groups is 1. The van der Waals surface area contributed by atoms with Crippen LogP contribution >= 0.6 is 7.82 Å². The van der Waals surface area contributed by atoms with Crippen molar-refractivity contribution in [3.8, 4) is 0 Å². The van der Waals surface area contributed by atoms with Crippen LogP contribution in [-0.4, -0.2) is 42.0 Å². The summed E-state index contributed by atoms with van der Waals surface area (Å²) >= 11 is 0. The highest BCUT2D eigenvalue weighted by Gasteiger charge is 2.25. The van der Waals surface area contributed by atoms with E-state index in [1.807, 2.05) is 0 Å². The molecule has 2 atom stereocenters. The lowest BCUT2D eigenvalue weighted by atomic mass is 10.3. The number of aliphatic hydroxyl groups excluding tert-OH is 1. The molecule has 1 saturated heterocycles. The molecule has 0 aromatic carbocycles. The lowest BCUT2D eigenvalue weighted by molar-refractivity contribution is 0.0445. The molecule has 1 aromatic rings. The van der Waals surface area contributed by atoms with Gasteiger partial charge in [-0.15, -0.1) is 0 Å². The molecular formula is C9H15N2O8P. The maximum absolute atomic E-state index is 11.4. The van der Waals surface area contributed by atoms with Crippen LogP contribution in [0.2, 0.25) is 0 Å². The van der Waals surface area contributed by atoms with Crippen LogP contribution in [0.15, 0.2) is 15.8 Å². The van der Waals surface area contributed by atoms with Gasteiger partial charge in [0.25, 0.3) is 5.56 Å². The van der Waals surface area contributed by atoms with Gasteiger partial charge < -0.3 is 24.5 Å². The first kappa shape index (κ1) is 16.8. The van der Waals surface area contributed by atoms with Gasteiger partial charge in [-0.05, 0) is 6.92 Å². The van der Waals surface area contributed by atoms with Crippen LogP contribution in [-0.2, 0) is 9.30 Å². The van der Waals surface area contributed by atoms with Gasteiger partial charge in [0.1, 0.15) is 6.23 Å². The zero-order valence-electron chi connectivity index (χ0n) is 10.5. The van der Waals surface area contributed by atoms with E-state index in [-0.39, 0.29) is 6.61 Å². The van der Waals surface area contributed by atoms with Crippen LogP contribution in [0.5, 0.6) is 0 Å². The number of aromatic amines is 1. The molecule has 0 unspecified atom stereocenters. The van der Waals surface area contributed by atoms with E-state index >= 15 is 0 Å². The molecule has 2 heterocycles. The Bertz CT molecular complexity index is 609. The zero-order valence-corrected chi connectivity index (χ0v) is 11.4. The van der Waals surface area contributed by atoms with E-state index in [2.05, 4.69) is 4.98 Å². The number of nitrogens with one attached hydrogen (secondary N) is 1. The fourth-order valence-corrected chi connectivity index (χ4v) is 1.58. The molecule has 5 N–H and O–H groups in total. The minimum absolute atomic E-state index is 0.218. The molecule has 1 aliphatic rings. The smallest absolute Gasteiger partial charge is 0.391 e. The number of nitrogens with zero attached hydrogens (tertiary/aromatic N) is 1. The van der Waals surface area contributed by atoms with E-state index in [1.54, 1.807) is 6.92 Å². The fraction of sp³-hybridized carbons (Fsp3) is 0.556. The highest BCUT2D eigenvalue weighted by Crippen LogP contribution is 2.25. The molecule has 20 heavy (non-hydrogen) atoms. The number of H-pyrrole nitrogens is 1. The van der Waals surface area contributed by atoms with E-state index in [0.29, 0.717) is 12.0 Å². The van der Waals surface area contributed by atoms with Gasteiger partial charge >= 0.3 is 13.5 Å². The van der Waals surface area contributed by atoms with Crippen molar-refractivity contribution < 1.29 is 29.1 Å². The van der Waals surface area contributed by atoms with Crippen molar-refractivity contribution in [2.24, 2.45) is 0 Å². The van der Waals surface area contributed by atoms with Crippen molar-refractivity contribution in [3.63, 3.8) is 0 Å². The van der Waals surface area contributed by atoms with Gasteiger partial charge in [-0.3, -0.25) is 14.3 Å². The van der Waals surface area contributed by atoms with E-state index < -0.39 is 31.4 Å². The van der Waals surface area contributed by atoms with Crippen LogP contribution in [0.1, 0.15) is 18.2 Å². The third-order valence-electron chi connectivity index (χ3n) is 2.41. The maximum Gasteiger partial charge on any atom is 0.466 e. The summed E-state index contributed by atoms with van der Waals surface area (Å²) in [7, 11) is -4.64. The third-order valence-corrected chi connectivity index (χ3v) is 2.41. The van der Waals surface area contributed by atoms with Gasteiger partial charge in [-0.2, -0.15) is 0 Å². The highest BCUT2D eigenvalue weighted by molar-refractivity contribution is 7.45. The van der Waals surface area contributed by atoms with Crippen molar-refractivity contribution in [2.45, 2.75) is 25.7 Å². The third kappa shape index (κ3) is 5.37. The molecule has 1 fully saturated rings. The van der Waals surface area contributed by atoms with Crippen molar-refractivity contribution in [2.75, 3.05) is 6.61 Å². The van der Waals surface area contributed by atoms with Crippen molar-refractivity contribution in [1.82, 2.24) is 9.55 Å². The summed E-state index contributed by atoms with van der Waals surface area (Å²) < 4.78 is 15.4. The summed E-state index contributed by atoms with van der Waals surface area (Å²) in [4.78, 5) is 46.3. The van der Waals surface area contributed by atoms with Crippen LogP contribution in [0.25, 0.3) is 0 Å². The number of aliphatic hydroxyl groups is 1. The summed E-state index contributed by atoms with van der Waals surface area (Å²) in [6.07, 6.45) is 0.784. The van der Waals surface area contributed by atoms with Crippen molar-refractivity contribution in [1.29, 1.82) is 0 Å². The minimum atomic E-state index is -4.64. The lowest BCUT2D eigenvalue weighted by Gasteiger charge is -2.12. The first-order valence-electron chi connectivity index (χ1n) is 5.48. The molecule has 1 aliphatic heterocycles. The SMILES string of the molecule is Cc1cn([C@H]2C[C@H](O)CO2)c(=O)[nH]c1=O.O=P(O)(O)O. The number of ether oxygens (including phenoxy) is 1. The molecule has 0 saturated carbocycles. The Labute approximate surface area is 112 Å². The van der Waals surface area contributed by atoms with E-state index in [1.165, 1.54) is 10.8 Å². The largest absolute Gasteiger partial charge is 0.466 e. The number of hydrogen-bond acceptors (Lipinski definition) is 5. The Morgan fingerprint density at radius 1 is 1.40 bits per heavy atom. The second-order valence-electron chi connectivity index (χ2n) is 4.17. The van der Waals surface area contributed by atoms with Gasteiger partial charge in [0.2, 0.25) is 0 Å². The molecule has 11 heteroatoms. The molecule has 0 bridgehead atoms. The van der Waals surface area contributed by atoms with Crippen molar-refractivity contribution in [3.05, 3.63) is 32.6 Å². The van der Waals surface area contributed by atoms with Gasteiger partial charge in [0.05, 0.1) is 12.7 Å². The number of aromatic nitrogens is 2. The fourth-order valence-electron chi connectivity index (χ4n) is 1.58. The Kier molecular flexibility index (Phi) is 5.40. The van der Waals surface area contributed by atoms with Crippen LogP contribution in [0.4, 0.5) is 0 Å². The second-order valence-corrected chi connectivity index (χ2v) is 5.20. The second kappa shape index (κ2) is 6.44. The standard InChI is InChI=1S/C9H12N2O4.H3O4P/c1-5-3-11(9(14)10-8(5)13)7-2-6(12)4-15-7;1-5(2,3)4/h3,6-7,12H,2,4H2,1H3,(H,10,13,14);(H3,1,2,3,4)/t6-,7+;/m0./s1. The van der Waals surface area contributed by atoms with Crippen LogP contribution in [0, 0.1) is 6.92 Å². The highest BCUT2D eigenvalue weighted by atomic mass is 31.2. The van der Waals surface area contributed by atoms with E-state index in [0.717, 1.165) is 0 Å². The minimum Gasteiger partial charge on any atom is -0.391 e. The average molecular weight is 310 g/mol. The number of hydrogen-bond donors (Lipinski definition) is 5. The summed E-state index contributed by atoms with van der Waals surface area (Å²) in [6, 6.07) is 0. The Hall–Kier alpha value is -1.29. The Balaban J connectivity index is 0.000000347.